The molecule has 86 valence electrons. The summed E-state index contributed by atoms with van der Waals surface area (Å²) < 4.78 is 12.9. The number of aromatic amines is 1. The third kappa shape index (κ3) is 2.37. The highest BCUT2D eigenvalue weighted by atomic mass is 19.1. The molecular formula is C11H14FN3O. The fraction of sp³-hybridized carbons (Fsp3) is 0.364. The third-order valence-corrected chi connectivity index (χ3v) is 2.39. The van der Waals surface area contributed by atoms with Crippen molar-refractivity contribution >= 4 is 11.0 Å². The van der Waals surface area contributed by atoms with E-state index in [9.17, 15) is 4.39 Å². The van der Waals surface area contributed by atoms with E-state index in [1.54, 1.807) is 6.07 Å². The molecule has 2 aromatic rings. The maximum Gasteiger partial charge on any atom is 0.125 e. The fourth-order valence-corrected chi connectivity index (χ4v) is 1.61. The molecule has 0 fully saturated rings. The van der Waals surface area contributed by atoms with Gasteiger partial charge in [-0.05, 0) is 25.2 Å². The number of hydrogen-bond donors (Lipinski definition) is 2. The third-order valence-electron chi connectivity index (χ3n) is 2.39. The first-order valence-corrected chi connectivity index (χ1v) is 5.12. The summed E-state index contributed by atoms with van der Waals surface area (Å²) >= 11 is 0. The van der Waals surface area contributed by atoms with Crippen LogP contribution in [-0.4, -0.2) is 40.2 Å². The Balaban J connectivity index is 2.19. The highest BCUT2D eigenvalue weighted by molar-refractivity contribution is 5.74. The quantitative estimate of drug-likeness (QED) is 0.816. The molecule has 1 aromatic carbocycles. The molecule has 0 aliphatic rings. The maximum atomic E-state index is 12.9. The minimum absolute atomic E-state index is 0.116. The maximum absolute atomic E-state index is 12.9. The minimum Gasteiger partial charge on any atom is -0.395 e. The zero-order valence-electron chi connectivity index (χ0n) is 9.07. The van der Waals surface area contributed by atoms with Gasteiger partial charge in [0.1, 0.15) is 11.6 Å². The summed E-state index contributed by atoms with van der Waals surface area (Å²) in [5.41, 5.74) is 1.46. The van der Waals surface area contributed by atoms with Crippen molar-refractivity contribution in [1.29, 1.82) is 0 Å². The molecule has 1 aromatic heterocycles. The van der Waals surface area contributed by atoms with Crippen LogP contribution >= 0.6 is 0 Å². The van der Waals surface area contributed by atoms with Gasteiger partial charge < -0.3 is 10.1 Å². The van der Waals surface area contributed by atoms with Crippen molar-refractivity contribution in [3.63, 3.8) is 0 Å². The molecule has 0 aliphatic carbocycles. The van der Waals surface area contributed by atoms with Crippen molar-refractivity contribution in [2.45, 2.75) is 6.54 Å². The molecule has 16 heavy (non-hydrogen) atoms. The molecular weight excluding hydrogens is 209 g/mol. The molecule has 0 aliphatic heterocycles. The smallest absolute Gasteiger partial charge is 0.125 e. The number of benzene rings is 1. The van der Waals surface area contributed by atoms with Crippen LogP contribution in [0.25, 0.3) is 11.0 Å². The first kappa shape index (κ1) is 11.0. The molecule has 0 radical (unpaired) electrons. The van der Waals surface area contributed by atoms with Gasteiger partial charge in [0.15, 0.2) is 0 Å². The summed E-state index contributed by atoms with van der Waals surface area (Å²) in [6.45, 7) is 1.31. The Bertz CT molecular complexity index is 483. The number of H-pyrrole nitrogens is 1. The summed E-state index contributed by atoms with van der Waals surface area (Å²) in [6, 6.07) is 4.47. The highest BCUT2D eigenvalue weighted by Gasteiger charge is 2.06. The van der Waals surface area contributed by atoms with Crippen LogP contribution in [0.5, 0.6) is 0 Å². The average Bonchev–Trinajstić information content (AvgIpc) is 2.59. The summed E-state index contributed by atoms with van der Waals surface area (Å²) in [4.78, 5) is 9.32. The van der Waals surface area contributed by atoms with Crippen molar-refractivity contribution in [3.8, 4) is 0 Å². The zero-order chi connectivity index (χ0) is 11.5. The van der Waals surface area contributed by atoms with Gasteiger partial charge in [-0.25, -0.2) is 9.37 Å². The molecule has 0 spiro atoms. The lowest BCUT2D eigenvalue weighted by atomic mass is 10.3. The molecule has 4 nitrogen and oxygen atoms in total. The lowest BCUT2D eigenvalue weighted by Crippen LogP contribution is -2.22. The number of halogens is 1. The molecule has 1 heterocycles. The Morgan fingerprint density at radius 3 is 3.06 bits per heavy atom. The number of imidazole rings is 1. The van der Waals surface area contributed by atoms with Gasteiger partial charge in [-0.2, -0.15) is 0 Å². The number of rotatable bonds is 4. The normalized spacial score (nSPS) is 11.5. The first-order valence-electron chi connectivity index (χ1n) is 5.12. The van der Waals surface area contributed by atoms with E-state index in [-0.39, 0.29) is 12.4 Å². The van der Waals surface area contributed by atoms with Gasteiger partial charge in [-0.15, -0.1) is 0 Å². The van der Waals surface area contributed by atoms with Crippen molar-refractivity contribution in [3.05, 3.63) is 29.8 Å². The second kappa shape index (κ2) is 4.59. The molecule has 2 N–H and O–H groups in total. The van der Waals surface area contributed by atoms with Gasteiger partial charge in [0, 0.05) is 6.54 Å². The van der Waals surface area contributed by atoms with Crippen molar-refractivity contribution in [2.75, 3.05) is 20.2 Å². The predicted molar refractivity (Wildman–Crippen MR) is 59.5 cm³/mol. The van der Waals surface area contributed by atoms with Crippen LogP contribution in [0.2, 0.25) is 0 Å². The highest BCUT2D eigenvalue weighted by Crippen LogP contribution is 2.13. The molecule has 0 unspecified atom stereocenters. The second-order valence-corrected chi connectivity index (χ2v) is 3.81. The molecule has 0 amide bonds. The molecule has 0 saturated carbocycles. The number of nitrogens with one attached hydrogen (secondary N) is 1. The number of likely N-dealkylation sites (N-methyl/N-ethyl adjacent to an activating group) is 1. The van der Waals surface area contributed by atoms with Gasteiger partial charge in [0.25, 0.3) is 0 Å². The van der Waals surface area contributed by atoms with Crippen molar-refractivity contribution in [1.82, 2.24) is 14.9 Å². The average molecular weight is 223 g/mol. The number of aliphatic hydroxyl groups is 1. The SMILES string of the molecule is CN(CCO)Cc1nc2ccc(F)cc2[nH]1. The number of aliphatic hydroxyl groups excluding tert-OH is 1. The van der Waals surface area contributed by atoms with Gasteiger partial charge in [-0.3, -0.25) is 4.90 Å². The van der Waals surface area contributed by atoms with Crippen molar-refractivity contribution < 1.29 is 9.50 Å². The molecule has 0 bridgehead atoms. The van der Waals surface area contributed by atoms with E-state index in [1.165, 1.54) is 12.1 Å². The minimum atomic E-state index is -0.272. The van der Waals surface area contributed by atoms with Crippen LogP contribution in [0.15, 0.2) is 18.2 Å². The Kier molecular flexibility index (Phi) is 3.17. The Labute approximate surface area is 92.7 Å². The largest absolute Gasteiger partial charge is 0.395 e. The summed E-state index contributed by atoms with van der Waals surface area (Å²) in [6.07, 6.45) is 0. The van der Waals surface area contributed by atoms with Crippen LogP contribution in [0.4, 0.5) is 4.39 Å². The van der Waals surface area contributed by atoms with E-state index in [0.29, 0.717) is 18.6 Å². The van der Waals surface area contributed by atoms with E-state index in [2.05, 4.69) is 9.97 Å². The summed E-state index contributed by atoms with van der Waals surface area (Å²) in [5, 5.41) is 8.77. The standard InChI is InChI=1S/C11H14FN3O/c1-15(4-5-16)7-11-13-9-3-2-8(12)6-10(9)14-11/h2-3,6,16H,4-5,7H2,1H3,(H,13,14). The van der Waals surface area contributed by atoms with Gasteiger partial charge in [-0.1, -0.05) is 0 Å². The van der Waals surface area contributed by atoms with Gasteiger partial charge >= 0.3 is 0 Å². The van der Waals surface area contributed by atoms with Crippen LogP contribution in [0.1, 0.15) is 5.82 Å². The lowest BCUT2D eigenvalue weighted by molar-refractivity contribution is 0.215. The van der Waals surface area contributed by atoms with Crippen LogP contribution in [0.3, 0.4) is 0 Å². The van der Waals surface area contributed by atoms with E-state index >= 15 is 0 Å². The summed E-state index contributed by atoms with van der Waals surface area (Å²) in [7, 11) is 1.89. The van der Waals surface area contributed by atoms with Gasteiger partial charge in [0.05, 0.1) is 24.2 Å². The molecule has 2 rings (SSSR count). The Hall–Kier alpha value is -1.46. The predicted octanol–water partition coefficient (Wildman–Crippen LogP) is 1.13. The number of fused-ring (bicyclic) bond motifs is 1. The van der Waals surface area contributed by atoms with Crippen molar-refractivity contribution in [2.24, 2.45) is 0 Å². The number of nitrogens with zero attached hydrogens (tertiary/aromatic N) is 2. The second-order valence-electron chi connectivity index (χ2n) is 3.81. The van der Waals surface area contributed by atoms with Crippen LogP contribution < -0.4 is 0 Å². The van der Waals surface area contributed by atoms with E-state index in [1.807, 2.05) is 11.9 Å². The lowest BCUT2D eigenvalue weighted by Gasteiger charge is -2.12. The van der Waals surface area contributed by atoms with Crippen LogP contribution in [0, 0.1) is 5.82 Å². The zero-order valence-corrected chi connectivity index (χ0v) is 9.07. The summed E-state index contributed by atoms with van der Waals surface area (Å²) in [5.74, 6) is 0.503. The molecule has 0 saturated heterocycles. The number of hydrogen-bond acceptors (Lipinski definition) is 3. The first-order chi connectivity index (χ1) is 7.69. The molecule has 5 heteroatoms. The number of aromatic nitrogens is 2. The van der Waals surface area contributed by atoms with E-state index in [0.717, 1.165) is 11.3 Å². The van der Waals surface area contributed by atoms with E-state index < -0.39 is 0 Å². The van der Waals surface area contributed by atoms with Gasteiger partial charge in [0.2, 0.25) is 0 Å². The van der Waals surface area contributed by atoms with Crippen LogP contribution in [-0.2, 0) is 6.54 Å². The topological polar surface area (TPSA) is 52.1 Å². The Morgan fingerprint density at radius 1 is 1.50 bits per heavy atom. The Morgan fingerprint density at radius 2 is 2.31 bits per heavy atom. The fourth-order valence-electron chi connectivity index (χ4n) is 1.61. The monoisotopic (exact) mass is 223 g/mol. The molecule has 0 atom stereocenters. The van der Waals surface area contributed by atoms with E-state index in [4.69, 9.17) is 5.11 Å².